The number of nitrogens with two attached hydrogens (primary N) is 1. The van der Waals surface area contributed by atoms with Gasteiger partial charge in [-0.25, -0.2) is 9.97 Å². The molecule has 0 amide bonds. The van der Waals surface area contributed by atoms with E-state index in [0.717, 1.165) is 29.7 Å². The van der Waals surface area contributed by atoms with Gasteiger partial charge in [-0.15, -0.1) is 0 Å². The highest BCUT2D eigenvalue weighted by atomic mass is 15.1. The van der Waals surface area contributed by atoms with Gasteiger partial charge in [-0.1, -0.05) is 27.2 Å². The Morgan fingerprint density at radius 3 is 2.62 bits per heavy atom. The van der Waals surface area contributed by atoms with E-state index >= 15 is 0 Å². The number of imidazole rings is 1. The Hall–Kier alpha value is -1.65. The van der Waals surface area contributed by atoms with Crippen molar-refractivity contribution in [3.8, 4) is 0 Å². The molecule has 0 spiro atoms. The van der Waals surface area contributed by atoms with Gasteiger partial charge >= 0.3 is 0 Å². The molecule has 0 aliphatic rings. The van der Waals surface area contributed by atoms with Gasteiger partial charge in [0.1, 0.15) is 5.52 Å². The molecule has 2 aromatic heterocycles. The minimum atomic E-state index is 0.324. The molecule has 2 heterocycles. The van der Waals surface area contributed by atoms with Gasteiger partial charge in [0.15, 0.2) is 5.65 Å². The quantitative estimate of drug-likeness (QED) is 0.841. The first-order valence-electron chi connectivity index (χ1n) is 5.65. The van der Waals surface area contributed by atoms with Crippen LogP contribution in [0.25, 0.3) is 11.2 Å². The lowest BCUT2D eigenvalue weighted by atomic mass is 10.2. The summed E-state index contributed by atoms with van der Waals surface area (Å²) < 4.78 is 1.85. The molecule has 0 atom stereocenters. The standard InChI is InChI=1S/C9H13N5.C2H6/c1-3-4-6-7-8(13-9(10)12-6)14(2)5-11-7;1-2/h5H,3-4H2,1-2H3,(H2,10,12,13);1-2H3. The number of anilines is 1. The van der Waals surface area contributed by atoms with Crippen LogP contribution in [0.5, 0.6) is 0 Å². The van der Waals surface area contributed by atoms with Gasteiger partial charge in [-0.05, 0) is 6.42 Å². The second-order valence-electron chi connectivity index (χ2n) is 3.31. The van der Waals surface area contributed by atoms with Crippen molar-refractivity contribution < 1.29 is 0 Å². The molecule has 16 heavy (non-hydrogen) atoms. The molecule has 0 aliphatic heterocycles. The van der Waals surface area contributed by atoms with Crippen LogP contribution >= 0.6 is 0 Å². The van der Waals surface area contributed by atoms with Crippen LogP contribution in [0.1, 0.15) is 32.9 Å². The molecule has 0 aromatic carbocycles. The second kappa shape index (κ2) is 5.44. The Kier molecular flexibility index (Phi) is 4.22. The average molecular weight is 221 g/mol. The molecule has 2 aromatic rings. The highest BCUT2D eigenvalue weighted by Crippen LogP contribution is 2.15. The van der Waals surface area contributed by atoms with Gasteiger partial charge in [-0.3, -0.25) is 0 Å². The molecule has 88 valence electrons. The summed E-state index contributed by atoms with van der Waals surface area (Å²) >= 11 is 0. The van der Waals surface area contributed by atoms with E-state index in [0.29, 0.717) is 5.95 Å². The summed E-state index contributed by atoms with van der Waals surface area (Å²) in [7, 11) is 1.90. The first kappa shape index (κ1) is 12.4. The molecule has 0 saturated heterocycles. The molecule has 2 N–H and O–H groups in total. The predicted octanol–water partition coefficient (Wildman–Crippen LogP) is 1.92. The molecule has 5 nitrogen and oxygen atoms in total. The Morgan fingerprint density at radius 1 is 1.31 bits per heavy atom. The molecule has 0 saturated carbocycles. The molecule has 0 unspecified atom stereocenters. The fraction of sp³-hybridized carbons (Fsp3) is 0.545. The summed E-state index contributed by atoms with van der Waals surface area (Å²) in [6.07, 6.45) is 3.65. The van der Waals surface area contributed by atoms with Gasteiger partial charge in [0.2, 0.25) is 5.95 Å². The summed E-state index contributed by atoms with van der Waals surface area (Å²) in [5.41, 5.74) is 8.23. The molecule has 2 rings (SSSR count). The second-order valence-corrected chi connectivity index (χ2v) is 3.31. The van der Waals surface area contributed by atoms with Gasteiger partial charge in [0, 0.05) is 7.05 Å². The maximum atomic E-state index is 5.62. The number of rotatable bonds is 2. The molecule has 0 radical (unpaired) electrons. The fourth-order valence-electron chi connectivity index (χ4n) is 1.50. The SMILES string of the molecule is CC.CCCc1nc(N)nc2c1ncn2C. The summed E-state index contributed by atoms with van der Waals surface area (Å²) in [6.45, 7) is 6.10. The topological polar surface area (TPSA) is 69.6 Å². The van der Waals surface area contributed by atoms with E-state index < -0.39 is 0 Å². The van der Waals surface area contributed by atoms with Crippen molar-refractivity contribution >= 4 is 17.1 Å². The number of nitrogens with zero attached hydrogens (tertiary/aromatic N) is 4. The summed E-state index contributed by atoms with van der Waals surface area (Å²) in [5.74, 6) is 0.324. The highest BCUT2D eigenvalue weighted by molar-refractivity contribution is 5.74. The van der Waals surface area contributed by atoms with E-state index in [-0.39, 0.29) is 0 Å². The van der Waals surface area contributed by atoms with Crippen LogP contribution in [-0.4, -0.2) is 19.5 Å². The van der Waals surface area contributed by atoms with E-state index in [1.54, 1.807) is 6.33 Å². The van der Waals surface area contributed by atoms with Crippen molar-refractivity contribution in [3.05, 3.63) is 12.0 Å². The Balaban J connectivity index is 0.000000606. The van der Waals surface area contributed by atoms with Crippen LogP contribution in [0.2, 0.25) is 0 Å². The van der Waals surface area contributed by atoms with Crippen molar-refractivity contribution in [2.75, 3.05) is 5.73 Å². The number of hydrogen-bond donors (Lipinski definition) is 1. The van der Waals surface area contributed by atoms with Crippen LogP contribution < -0.4 is 5.73 Å². The highest BCUT2D eigenvalue weighted by Gasteiger charge is 2.09. The number of aryl methyl sites for hydroxylation is 2. The molecular formula is C11H19N5. The van der Waals surface area contributed by atoms with Crippen LogP contribution in [0, 0.1) is 0 Å². The van der Waals surface area contributed by atoms with Crippen LogP contribution in [0.15, 0.2) is 6.33 Å². The van der Waals surface area contributed by atoms with E-state index in [2.05, 4.69) is 21.9 Å². The third kappa shape index (κ3) is 2.29. The van der Waals surface area contributed by atoms with Crippen molar-refractivity contribution in [2.45, 2.75) is 33.6 Å². The van der Waals surface area contributed by atoms with Crippen molar-refractivity contribution in [1.29, 1.82) is 0 Å². The maximum Gasteiger partial charge on any atom is 0.222 e. The van der Waals surface area contributed by atoms with Gasteiger partial charge < -0.3 is 10.3 Å². The van der Waals surface area contributed by atoms with Gasteiger partial charge in [-0.2, -0.15) is 4.98 Å². The van der Waals surface area contributed by atoms with E-state index in [1.807, 2.05) is 25.5 Å². The Bertz CT molecular complexity index is 461. The van der Waals surface area contributed by atoms with E-state index in [9.17, 15) is 0 Å². The first-order chi connectivity index (χ1) is 7.72. The lowest BCUT2D eigenvalue weighted by molar-refractivity contribution is 0.883. The Labute approximate surface area is 95.7 Å². The van der Waals surface area contributed by atoms with Crippen molar-refractivity contribution in [2.24, 2.45) is 7.05 Å². The van der Waals surface area contributed by atoms with E-state index in [4.69, 9.17) is 5.73 Å². The molecule has 0 fully saturated rings. The third-order valence-corrected chi connectivity index (χ3v) is 2.14. The van der Waals surface area contributed by atoms with Crippen LogP contribution in [0.4, 0.5) is 5.95 Å². The Morgan fingerprint density at radius 2 is 2.00 bits per heavy atom. The molecule has 5 heteroatoms. The zero-order chi connectivity index (χ0) is 12.1. The third-order valence-electron chi connectivity index (χ3n) is 2.14. The molecule has 0 aliphatic carbocycles. The van der Waals surface area contributed by atoms with Crippen molar-refractivity contribution in [3.63, 3.8) is 0 Å². The summed E-state index contributed by atoms with van der Waals surface area (Å²) in [5, 5.41) is 0. The lowest BCUT2D eigenvalue weighted by Crippen LogP contribution is -2.01. The zero-order valence-electron chi connectivity index (χ0n) is 10.4. The van der Waals surface area contributed by atoms with Gasteiger partial charge in [0.25, 0.3) is 0 Å². The normalized spacial score (nSPS) is 10.0. The predicted molar refractivity (Wildman–Crippen MR) is 66.1 cm³/mol. The fourth-order valence-corrected chi connectivity index (χ4v) is 1.50. The summed E-state index contributed by atoms with van der Waals surface area (Å²) in [6, 6.07) is 0. The maximum absolute atomic E-state index is 5.62. The number of hydrogen-bond acceptors (Lipinski definition) is 4. The monoisotopic (exact) mass is 221 g/mol. The molecule has 0 bridgehead atoms. The number of fused-ring (bicyclic) bond motifs is 1. The minimum absolute atomic E-state index is 0.324. The lowest BCUT2D eigenvalue weighted by Gasteiger charge is -2.01. The van der Waals surface area contributed by atoms with Crippen molar-refractivity contribution in [1.82, 2.24) is 19.5 Å². The largest absolute Gasteiger partial charge is 0.368 e. The number of aromatic nitrogens is 4. The molecular weight excluding hydrogens is 202 g/mol. The first-order valence-corrected chi connectivity index (χ1v) is 5.65. The van der Waals surface area contributed by atoms with E-state index in [1.165, 1.54) is 0 Å². The number of nitrogen functional groups attached to an aromatic ring is 1. The van der Waals surface area contributed by atoms with Gasteiger partial charge in [0.05, 0.1) is 12.0 Å². The zero-order valence-corrected chi connectivity index (χ0v) is 10.4. The minimum Gasteiger partial charge on any atom is -0.368 e. The average Bonchev–Trinajstić information content (AvgIpc) is 2.64. The smallest absolute Gasteiger partial charge is 0.222 e. The summed E-state index contributed by atoms with van der Waals surface area (Å²) in [4.78, 5) is 12.6. The van der Waals surface area contributed by atoms with Crippen LogP contribution in [-0.2, 0) is 13.5 Å². The van der Waals surface area contributed by atoms with Crippen LogP contribution in [0.3, 0.4) is 0 Å².